The van der Waals surface area contributed by atoms with Gasteiger partial charge in [-0.05, 0) is 42.0 Å². The Labute approximate surface area is 159 Å². The van der Waals surface area contributed by atoms with E-state index in [0.29, 0.717) is 17.0 Å². The summed E-state index contributed by atoms with van der Waals surface area (Å²) in [6.45, 7) is 4.22. The molecular formula is C20H24N4O2S. The van der Waals surface area contributed by atoms with E-state index < -0.39 is 9.84 Å². The molecule has 0 aliphatic carbocycles. The van der Waals surface area contributed by atoms with Gasteiger partial charge in [0.2, 0.25) is 0 Å². The van der Waals surface area contributed by atoms with Crippen molar-refractivity contribution < 1.29 is 8.42 Å². The summed E-state index contributed by atoms with van der Waals surface area (Å²) < 4.78 is 25.0. The van der Waals surface area contributed by atoms with Crippen LogP contribution in [0.15, 0.2) is 41.6 Å². The first kappa shape index (κ1) is 17.9. The topological polar surface area (TPSA) is 101 Å². The number of nitrogen functional groups attached to an aromatic ring is 1. The van der Waals surface area contributed by atoms with E-state index in [4.69, 9.17) is 5.73 Å². The molecule has 1 aliphatic heterocycles. The normalized spacial score (nSPS) is 17.0. The molecule has 3 heterocycles. The van der Waals surface area contributed by atoms with E-state index in [1.54, 1.807) is 6.20 Å². The molecule has 0 fully saturated rings. The smallest absolute Gasteiger partial charge is 0.178 e. The van der Waals surface area contributed by atoms with Crippen LogP contribution in [0, 0.1) is 5.92 Å². The van der Waals surface area contributed by atoms with Gasteiger partial charge in [0, 0.05) is 11.6 Å². The van der Waals surface area contributed by atoms with Crippen LogP contribution in [0.5, 0.6) is 0 Å². The fourth-order valence-electron chi connectivity index (χ4n) is 3.80. The Morgan fingerprint density at radius 3 is 2.85 bits per heavy atom. The van der Waals surface area contributed by atoms with E-state index in [9.17, 15) is 8.42 Å². The number of aryl methyl sites for hydroxylation is 1. The fraction of sp³-hybridized carbons (Fsp3) is 0.350. The summed E-state index contributed by atoms with van der Waals surface area (Å²) in [6, 6.07) is 7.70. The van der Waals surface area contributed by atoms with E-state index in [-0.39, 0.29) is 17.7 Å². The van der Waals surface area contributed by atoms with E-state index in [0.717, 1.165) is 34.3 Å². The number of sulfone groups is 1. The number of fused-ring (bicyclic) bond motifs is 2. The van der Waals surface area contributed by atoms with Crippen LogP contribution < -0.4 is 11.1 Å². The Bertz CT molecular complexity index is 1100. The van der Waals surface area contributed by atoms with Crippen molar-refractivity contribution in [1.82, 2.24) is 9.97 Å². The van der Waals surface area contributed by atoms with Crippen LogP contribution in [0.4, 0.5) is 11.4 Å². The number of aromatic amines is 1. The molecule has 0 saturated heterocycles. The lowest BCUT2D eigenvalue weighted by Gasteiger charge is -2.27. The zero-order valence-electron chi connectivity index (χ0n) is 15.5. The summed E-state index contributed by atoms with van der Waals surface area (Å²) in [5.74, 6) is 0.459. The van der Waals surface area contributed by atoms with E-state index >= 15 is 0 Å². The predicted octanol–water partition coefficient (Wildman–Crippen LogP) is 3.67. The van der Waals surface area contributed by atoms with Gasteiger partial charge in [0.05, 0.1) is 34.3 Å². The standard InChI is InChI=1S/C20H24N4O2S/c1-12(2)18(24-19-15-7-8-22-20(15)23-11-16(19)21)14-6-5-13-4-3-9-27(25,26)17(13)10-14/h5-8,10-12,18H,3-4,9,21H2,1-2H3,(H2,22,23,24)/t18-/m1/s1. The molecule has 2 aromatic heterocycles. The van der Waals surface area contributed by atoms with Crippen molar-refractivity contribution >= 4 is 32.2 Å². The second-order valence-corrected chi connectivity index (χ2v) is 9.56. The first-order valence-electron chi connectivity index (χ1n) is 9.20. The number of benzene rings is 1. The number of pyridine rings is 1. The van der Waals surface area contributed by atoms with Gasteiger partial charge in [0.15, 0.2) is 9.84 Å². The Hall–Kier alpha value is -2.54. The second kappa shape index (κ2) is 6.56. The molecule has 6 nitrogen and oxygen atoms in total. The van der Waals surface area contributed by atoms with Crippen LogP contribution in [0.2, 0.25) is 0 Å². The van der Waals surface area contributed by atoms with Gasteiger partial charge < -0.3 is 16.0 Å². The molecule has 0 saturated carbocycles. The van der Waals surface area contributed by atoms with Crippen molar-refractivity contribution in [3.05, 3.63) is 47.8 Å². The highest BCUT2D eigenvalue weighted by molar-refractivity contribution is 7.91. The number of hydrogen-bond acceptors (Lipinski definition) is 5. The lowest BCUT2D eigenvalue weighted by Crippen LogP contribution is -2.21. The zero-order valence-corrected chi connectivity index (χ0v) is 16.3. The zero-order chi connectivity index (χ0) is 19.2. The van der Waals surface area contributed by atoms with Crippen LogP contribution in [0.3, 0.4) is 0 Å². The Morgan fingerprint density at radius 2 is 2.07 bits per heavy atom. The van der Waals surface area contributed by atoms with Gasteiger partial charge >= 0.3 is 0 Å². The molecule has 1 atom stereocenters. The predicted molar refractivity (Wildman–Crippen MR) is 109 cm³/mol. The van der Waals surface area contributed by atoms with Gasteiger partial charge in [-0.25, -0.2) is 13.4 Å². The monoisotopic (exact) mass is 384 g/mol. The maximum Gasteiger partial charge on any atom is 0.178 e. The van der Waals surface area contributed by atoms with Crippen LogP contribution in [-0.2, 0) is 16.3 Å². The van der Waals surface area contributed by atoms with Crippen molar-refractivity contribution in [1.29, 1.82) is 0 Å². The van der Waals surface area contributed by atoms with E-state index in [1.807, 2.05) is 30.5 Å². The molecule has 0 radical (unpaired) electrons. The summed E-state index contributed by atoms with van der Waals surface area (Å²) in [7, 11) is -3.20. The number of nitrogens with one attached hydrogen (secondary N) is 2. The first-order chi connectivity index (χ1) is 12.9. The van der Waals surface area contributed by atoms with Crippen LogP contribution in [0.1, 0.15) is 37.4 Å². The number of hydrogen-bond donors (Lipinski definition) is 3. The minimum Gasteiger partial charge on any atom is -0.396 e. The molecule has 0 unspecified atom stereocenters. The molecule has 1 aromatic carbocycles. The van der Waals surface area contributed by atoms with E-state index in [2.05, 4.69) is 29.1 Å². The molecule has 1 aliphatic rings. The number of H-pyrrole nitrogens is 1. The molecule has 27 heavy (non-hydrogen) atoms. The first-order valence-corrected chi connectivity index (χ1v) is 10.9. The van der Waals surface area contributed by atoms with Crippen LogP contribution in [0.25, 0.3) is 11.0 Å². The molecule has 0 bridgehead atoms. The van der Waals surface area contributed by atoms with Crippen molar-refractivity contribution in [3.8, 4) is 0 Å². The molecule has 3 aromatic rings. The van der Waals surface area contributed by atoms with Gasteiger partial charge in [-0.2, -0.15) is 0 Å². The van der Waals surface area contributed by atoms with Gasteiger partial charge in [0.1, 0.15) is 5.65 Å². The third kappa shape index (κ3) is 3.16. The summed E-state index contributed by atoms with van der Waals surface area (Å²) >= 11 is 0. The van der Waals surface area contributed by atoms with Crippen LogP contribution in [-0.4, -0.2) is 24.1 Å². The summed E-state index contributed by atoms with van der Waals surface area (Å²) in [5, 5.41) is 4.47. The van der Waals surface area contributed by atoms with E-state index in [1.165, 1.54) is 0 Å². The third-order valence-corrected chi connectivity index (χ3v) is 7.10. The third-order valence-electron chi connectivity index (χ3n) is 5.23. The van der Waals surface area contributed by atoms with Crippen LogP contribution >= 0.6 is 0 Å². The number of aromatic nitrogens is 2. The van der Waals surface area contributed by atoms with Gasteiger partial charge in [-0.3, -0.25) is 0 Å². The van der Waals surface area contributed by atoms with Crippen molar-refractivity contribution in [3.63, 3.8) is 0 Å². The maximum atomic E-state index is 12.5. The highest BCUT2D eigenvalue weighted by Crippen LogP contribution is 2.36. The quantitative estimate of drug-likeness (QED) is 0.637. The van der Waals surface area contributed by atoms with Gasteiger partial charge in [-0.1, -0.05) is 26.0 Å². The van der Waals surface area contributed by atoms with Crippen molar-refractivity contribution in [2.24, 2.45) is 5.92 Å². The van der Waals surface area contributed by atoms with Gasteiger partial charge in [0.25, 0.3) is 0 Å². The average Bonchev–Trinajstić information content (AvgIpc) is 3.09. The molecule has 0 spiro atoms. The number of nitrogens with zero attached hydrogens (tertiary/aromatic N) is 1. The second-order valence-electron chi connectivity index (χ2n) is 7.48. The summed E-state index contributed by atoms with van der Waals surface area (Å²) in [4.78, 5) is 7.88. The lowest BCUT2D eigenvalue weighted by atomic mass is 9.94. The SMILES string of the molecule is CC(C)[C@@H](Nc1c(N)cnc2[nH]ccc12)c1ccc2c(c1)S(=O)(=O)CCC2. The highest BCUT2D eigenvalue weighted by Gasteiger charge is 2.26. The minimum atomic E-state index is -3.20. The molecular weight excluding hydrogens is 360 g/mol. The average molecular weight is 385 g/mol. The molecule has 4 N–H and O–H groups in total. The minimum absolute atomic E-state index is 0.0739. The summed E-state index contributed by atoms with van der Waals surface area (Å²) in [6.07, 6.45) is 4.98. The Balaban J connectivity index is 1.78. The summed E-state index contributed by atoms with van der Waals surface area (Å²) in [5.41, 5.74) is 10.2. The number of anilines is 2. The van der Waals surface area contributed by atoms with Crippen molar-refractivity contribution in [2.75, 3.05) is 16.8 Å². The van der Waals surface area contributed by atoms with Crippen molar-refractivity contribution in [2.45, 2.75) is 37.6 Å². The largest absolute Gasteiger partial charge is 0.396 e. The highest BCUT2D eigenvalue weighted by atomic mass is 32.2. The molecule has 7 heteroatoms. The lowest BCUT2D eigenvalue weighted by molar-refractivity contribution is 0.544. The molecule has 0 amide bonds. The fourth-order valence-corrected chi connectivity index (χ4v) is 5.43. The maximum absolute atomic E-state index is 12.5. The molecule has 142 valence electrons. The number of nitrogens with two attached hydrogens (primary N) is 1. The molecule has 4 rings (SSSR count). The number of rotatable bonds is 4. The van der Waals surface area contributed by atoms with Gasteiger partial charge in [-0.15, -0.1) is 0 Å². The Morgan fingerprint density at radius 1 is 1.26 bits per heavy atom. The Kier molecular flexibility index (Phi) is 4.34.